The molecule has 0 saturated heterocycles. The van der Waals surface area contributed by atoms with Gasteiger partial charge in [-0.25, -0.2) is 4.98 Å². The summed E-state index contributed by atoms with van der Waals surface area (Å²) in [5, 5.41) is 0. The molecule has 0 amide bonds. The highest BCUT2D eigenvalue weighted by Crippen LogP contribution is 2.24. The zero-order valence-electron chi connectivity index (χ0n) is 10.6. The molecule has 0 aliphatic heterocycles. The lowest BCUT2D eigenvalue weighted by Gasteiger charge is -1.99. The van der Waals surface area contributed by atoms with Gasteiger partial charge in [-0.05, 0) is 20.3 Å². The Bertz CT molecular complexity index is 564. The summed E-state index contributed by atoms with van der Waals surface area (Å²) in [6.07, 6.45) is 4.14. The van der Waals surface area contributed by atoms with Gasteiger partial charge >= 0.3 is 0 Å². The van der Waals surface area contributed by atoms with E-state index < -0.39 is 0 Å². The Balaban J connectivity index is 2.50. The number of aromatic nitrogens is 2. The average Bonchev–Trinajstić information content (AvgIpc) is 2.81. The molecule has 4 nitrogen and oxygen atoms in total. The zero-order valence-corrected chi connectivity index (χ0v) is 10.6. The molecule has 0 spiro atoms. The van der Waals surface area contributed by atoms with Gasteiger partial charge in [-0.3, -0.25) is 4.79 Å². The molecule has 0 fully saturated rings. The highest BCUT2D eigenvalue weighted by molar-refractivity contribution is 6.09. The third-order valence-corrected chi connectivity index (χ3v) is 2.90. The molecule has 90 valence electrons. The van der Waals surface area contributed by atoms with Crippen LogP contribution in [0.2, 0.25) is 0 Å². The highest BCUT2D eigenvalue weighted by Gasteiger charge is 2.22. The molecule has 0 radical (unpaired) electrons. The molecule has 2 aromatic heterocycles. The smallest absolute Gasteiger partial charge is 0.216 e. The van der Waals surface area contributed by atoms with Crippen LogP contribution in [-0.4, -0.2) is 15.3 Å². The SMILES string of the molecule is CCc1c(C)oc(C)c1C(=O)c1cn(C)cn1. The molecule has 17 heavy (non-hydrogen) atoms. The van der Waals surface area contributed by atoms with Gasteiger partial charge in [0, 0.05) is 18.8 Å². The van der Waals surface area contributed by atoms with E-state index in [4.69, 9.17) is 4.42 Å². The summed E-state index contributed by atoms with van der Waals surface area (Å²) in [6, 6.07) is 0. The lowest BCUT2D eigenvalue weighted by Crippen LogP contribution is -2.05. The molecule has 2 rings (SSSR count). The predicted molar refractivity (Wildman–Crippen MR) is 64.2 cm³/mol. The second kappa shape index (κ2) is 4.20. The first-order chi connectivity index (χ1) is 8.04. The van der Waals surface area contributed by atoms with Gasteiger partial charge in [-0.1, -0.05) is 6.92 Å². The Morgan fingerprint density at radius 2 is 2.12 bits per heavy atom. The van der Waals surface area contributed by atoms with Crippen LogP contribution in [0.25, 0.3) is 0 Å². The summed E-state index contributed by atoms with van der Waals surface area (Å²) < 4.78 is 7.30. The van der Waals surface area contributed by atoms with Crippen LogP contribution >= 0.6 is 0 Å². The number of carbonyl (C=O) groups is 1. The van der Waals surface area contributed by atoms with Crippen molar-refractivity contribution in [2.45, 2.75) is 27.2 Å². The number of hydrogen-bond donors (Lipinski definition) is 0. The van der Waals surface area contributed by atoms with E-state index in [1.165, 1.54) is 0 Å². The highest BCUT2D eigenvalue weighted by atomic mass is 16.3. The van der Waals surface area contributed by atoms with E-state index in [0.29, 0.717) is 17.0 Å². The summed E-state index contributed by atoms with van der Waals surface area (Å²) in [6.45, 7) is 5.73. The second-order valence-corrected chi connectivity index (χ2v) is 4.18. The van der Waals surface area contributed by atoms with Crippen molar-refractivity contribution in [3.63, 3.8) is 0 Å². The summed E-state index contributed by atoms with van der Waals surface area (Å²) in [5.74, 6) is 1.44. The molecule has 2 heterocycles. The van der Waals surface area contributed by atoms with Gasteiger partial charge in [-0.2, -0.15) is 0 Å². The van der Waals surface area contributed by atoms with E-state index >= 15 is 0 Å². The van der Waals surface area contributed by atoms with Gasteiger partial charge in [0.1, 0.15) is 17.2 Å². The number of ketones is 1. The third kappa shape index (κ3) is 1.90. The molecule has 2 aromatic rings. The molecule has 0 aliphatic rings. The average molecular weight is 232 g/mol. The fourth-order valence-corrected chi connectivity index (χ4v) is 2.11. The number of aryl methyl sites for hydroxylation is 3. The third-order valence-electron chi connectivity index (χ3n) is 2.90. The maximum atomic E-state index is 12.3. The summed E-state index contributed by atoms with van der Waals surface area (Å²) >= 11 is 0. The normalized spacial score (nSPS) is 10.8. The molecular formula is C13H16N2O2. The van der Waals surface area contributed by atoms with Crippen molar-refractivity contribution < 1.29 is 9.21 Å². The minimum atomic E-state index is -0.0585. The Labute approximate surface area is 100 Å². The van der Waals surface area contributed by atoms with Crippen LogP contribution in [0.3, 0.4) is 0 Å². The topological polar surface area (TPSA) is 48.0 Å². The first-order valence-corrected chi connectivity index (χ1v) is 5.66. The van der Waals surface area contributed by atoms with E-state index in [9.17, 15) is 4.79 Å². The Morgan fingerprint density at radius 1 is 1.41 bits per heavy atom. The first-order valence-electron chi connectivity index (χ1n) is 5.66. The molecule has 0 N–H and O–H groups in total. The van der Waals surface area contributed by atoms with Crippen molar-refractivity contribution in [2.24, 2.45) is 7.05 Å². The van der Waals surface area contributed by atoms with Crippen LogP contribution in [0.4, 0.5) is 0 Å². The maximum Gasteiger partial charge on any atom is 0.216 e. The van der Waals surface area contributed by atoms with E-state index in [0.717, 1.165) is 17.7 Å². The van der Waals surface area contributed by atoms with Gasteiger partial charge in [0.2, 0.25) is 5.78 Å². The van der Waals surface area contributed by atoms with Crippen LogP contribution in [-0.2, 0) is 13.5 Å². The Morgan fingerprint density at radius 3 is 2.65 bits per heavy atom. The number of rotatable bonds is 3. The van der Waals surface area contributed by atoms with Crippen molar-refractivity contribution in [3.05, 3.63) is 40.9 Å². The first kappa shape index (κ1) is 11.6. The maximum absolute atomic E-state index is 12.3. The lowest BCUT2D eigenvalue weighted by atomic mass is 10.0. The molecule has 0 aromatic carbocycles. The van der Waals surface area contributed by atoms with Gasteiger partial charge < -0.3 is 8.98 Å². The monoisotopic (exact) mass is 232 g/mol. The molecular weight excluding hydrogens is 216 g/mol. The minimum Gasteiger partial charge on any atom is -0.466 e. The van der Waals surface area contributed by atoms with Crippen molar-refractivity contribution in [2.75, 3.05) is 0 Å². The van der Waals surface area contributed by atoms with Gasteiger partial charge in [-0.15, -0.1) is 0 Å². The van der Waals surface area contributed by atoms with Crippen molar-refractivity contribution in [1.82, 2.24) is 9.55 Å². The molecule has 0 aliphatic carbocycles. The van der Waals surface area contributed by atoms with Crippen molar-refractivity contribution in [1.29, 1.82) is 0 Å². The summed E-state index contributed by atoms with van der Waals surface area (Å²) in [4.78, 5) is 16.4. The second-order valence-electron chi connectivity index (χ2n) is 4.18. The molecule has 0 bridgehead atoms. The number of nitrogens with zero attached hydrogens (tertiary/aromatic N) is 2. The Hall–Kier alpha value is -1.84. The largest absolute Gasteiger partial charge is 0.466 e. The quantitative estimate of drug-likeness (QED) is 0.763. The van der Waals surface area contributed by atoms with E-state index in [1.54, 1.807) is 17.1 Å². The van der Waals surface area contributed by atoms with Crippen molar-refractivity contribution in [3.8, 4) is 0 Å². The fraction of sp³-hybridized carbons (Fsp3) is 0.385. The van der Waals surface area contributed by atoms with Gasteiger partial charge in [0.25, 0.3) is 0 Å². The summed E-state index contributed by atoms with van der Waals surface area (Å²) in [7, 11) is 1.85. The lowest BCUT2D eigenvalue weighted by molar-refractivity contribution is 0.103. The fourth-order valence-electron chi connectivity index (χ4n) is 2.11. The molecule has 0 atom stereocenters. The van der Waals surface area contributed by atoms with Crippen LogP contribution < -0.4 is 0 Å². The van der Waals surface area contributed by atoms with Crippen LogP contribution in [0.15, 0.2) is 16.9 Å². The zero-order chi connectivity index (χ0) is 12.6. The van der Waals surface area contributed by atoms with Crippen LogP contribution in [0.1, 0.15) is 40.1 Å². The van der Waals surface area contributed by atoms with Crippen molar-refractivity contribution >= 4 is 5.78 Å². The molecule has 0 saturated carbocycles. The van der Waals surface area contributed by atoms with Crippen LogP contribution in [0.5, 0.6) is 0 Å². The predicted octanol–water partition coefficient (Wildman–Crippen LogP) is 2.42. The summed E-state index contributed by atoms with van der Waals surface area (Å²) in [5.41, 5.74) is 2.12. The standard InChI is InChI=1S/C13H16N2O2/c1-5-10-8(2)17-9(3)12(10)13(16)11-6-15(4)7-14-11/h6-7H,5H2,1-4H3. The van der Waals surface area contributed by atoms with E-state index in [1.807, 2.05) is 27.8 Å². The number of furan rings is 1. The molecule has 0 unspecified atom stereocenters. The van der Waals surface area contributed by atoms with Crippen LogP contribution in [0, 0.1) is 13.8 Å². The Kier molecular flexibility index (Phi) is 2.88. The number of carbonyl (C=O) groups excluding carboxylic acids is 1. The number of imidazole rings is 1. The van der Waals surface area contributed by atoms with Gasteiger partial charge in [0.15, 0.2) is 0 Å². The minimum absolute atomic E-state index is 0.0585. The van der Waals surface area contributed by atoms with E-state index in [-0.39, 0.29) is 5.78 Å². The number of hydrogen-bond acceptors (Lipinski definition) is 3. The molecule has 4 heteroatoms. The van der Waals surface area contributed by atoms with Gasteiger partial charge in [0.05, 0.1) is 11.9 Å². The van der Waals surface area contributed by atoms with E-state index in [2.05, 4.69) is 4.98 Å².